The van der Waals surface area contributed by atoms with Gasteiger partial charge in [0.1, 0.15) is 0 Å². The molecule has 0 heterocycles. The molecule has 0 spiro atoms. The minimum atomic E-state index is -0.535. The van der Waals surface area contributed by atoms with E-state index in [4.69, 9.17) is 9.47 Å². The molecule has 0 fully saturated rings. The zero-order valence-electron chi connectivity index (χ0n) is 12.6. The molecule has 0 unspecified atom stereocenters. The molecule has 0 aliphatic heterocycles. The summed E-state index contributed by atoms with van der Waals surface area (Å²) in [6, 6.07) is 3.53. The minimum absolute atomic E-state index is 0.247. The van der Waals surface area contributed by atoms with Crippen LogP contribution in [-0.2, 0) is 15.9 Å². The Morgan fingerprint density at radius 3 is 2.20 bits per heavy atom. The number of methoxy groups -OCH3 is 2. The van der Waals surface area contributed by atoms with Crippen LogP contribution in [-0.4, -0.2) is 26.2 Å². The summed E-state index contributed by atoms with van der Waals surface area (Å²) in [7, 11) is 2.59. The molecule has 0 bridgehead atoms. The molecule has 4 nitrogen and oxygen atoms in total. The number of allylic oxidation sites excluding steroid dienone is 2. The smallest absolute Gasteiger partial charge is 0.339 e. The van der Waals surface area contributed by atoms with Crippen LogP contribution in [0.5, 0.6) is 0 Å². The summed E-state index contributed by atoms with van der Waals surface area (Å²) in [5.41, 5.74) is 3.33. The zero-order valence-corrected chi connectivity index (χ0v) is 12.6. The van der Waals surface area contributed by atoms with Gasteiger partial charge in [0.15, 0.2) is 0 Å². The highest BCUT2D eigenvalue weighted by molar-refractivity contribution is 6.04. The lowest BCUT2D eigenvalue weighted by molar-refractivity contribution is 0.0554. The molecule has 1 rings (SSSR count). The van der Waals surface area contributed by atoms with Crippen LogP contribution >= 0.6 is 0 Å². The Kier molecular flexibility index (Phi) is 5.50. The van der Waals surface area contributed by atoms with E-state index in [1.807, 2.05) is 32.9 Å². The fourth-order valence-corrected chi connectivity index (χ4v) is 1.95. The molecule has 0 saturated heterocycles. The van der Waals surface area contributed by atoms with Gasteiger partial charge < -0.3 is 9.47 Å². The summed E-state index contributed by atoms with van der Waals surface area (Å²) >= 11 is 0. The van der Waals surface area contributed by atoms with E-state index in [0.29, 0.717) is 6.42 Å². The summed E-state index contributed by atoms with van der Waals surface area (Å²) in [5.74, 6) is -1.06. The van der Waals surface area contributed by atoms with Crippen LogP contribution in [0, 0.1) is 6.92 Å². The van der Waals surface area contributed by atoms with Crippen molar-refractivity contribution in [3.63, 3.8) is 0 Å². The second kappa shape index (κ2) is 6.89. The second-order valence-corrected chi connectivity index (χ2v) is 4.82. The number of hydrogen-bond donors (Lipinski definition) is 0. The van der Waals surface area contributed by atoms with E-state index in [-0.39, 0.29) is 11.1 Å². The second-order valence-electron chi connectivity index (χ2n) is 4.82. The molecule has 0 amide bonds. The fraction of sp³-hybridized carbons (Fsp3) is 0.375. The third-order valence-corrected chi connectivity index (χ3v) is 2.89. The SMILES string of the molecule is COC(=O)c1cc(C)cc(CC=C(C)C)c1C(=O)OC. The highest BCUT2D eigenvalue weighted by Crippen LogP contribution is 2.21. The van der Waals surface area contributed by atoms with Gasteiger partial charge >= 0.3 is 11.9 Å². The van der Waals surface area contributed by atoms with Gasteiger partial charge in [0.05, 0.1) is 25.3 Å². The number of carbonyl (C=O) groups is 2. The van der Waals surface area contributed by atoms with Crippen LogP contribution in [0.1, 0.15) is 45.7 Å². The van der Waals surface area contributed by atoms with Gasteiger partial charge in [-0.25, -0.2) is 9.59 Å². The Morgan fingerprint density at radius 1 is 1.10 bits per heavy atom. The molecular formula is C16H20O4. The lowest BCUT2D eigenvalue weighted by atomic mass is 9.95. The number of esters is 2. The van der Waals surface area contributed by atoms with Gasteiger partial charge in [-0.1, -0.05) is 17.7 Å². The largest absolute Gasteiger partial charge is 0.465 e. The van der Waals surface area contributed by atoms with E-state index in [0.717, 1.165) is 16.7 Å². The lowest BCUT2D eigenvalue weighted by Crippen LogP contribution is -2.15. The molecule has 108 valence electrons. The molecule has 0 aliphatic carbocycles. The number of hydrogen-bond acceptors (Lipinski definition) is 4. The average Bonchev–Trinajstić information content (AvgIpc) is 2.42. The summed E-state index contributed by atoms with van der Waals surface area (Å²) < 4.78 is 9.54. The predicted molar refractivity (Wildman–Crippen MR) is 77.0 cm³/mol. The highest BCUT2D eigenvalue weighted by atomic mass is 16.5. The first-order valence-corrected chi connectivity index (χ1v) is 6.34. The molecule has 0 saturated carbocycles. The summed E-state index contributed by atoms with van der Waals surface area (Å²) in [4.78, 5) is 23.8. The van der Waals surface area contributed by atoms with Crippen LogP contribution in [0.15, 0.2) is 23.8 Å². The van der Waals surface area contributed by atoms with Crippen molar-refractivity contribution in [2.24, 2.45) is 0 Å². The maximum absolute atomic E-state index is 12.0. The molecular weight excluding hydrogens is 256 g/mol. The van der Waals surface area contributed by atoms with Gasteiger partial charge in [-0.3, -0.25) is 0 Å². The third kappa shape index (κ3) is 3.70. The summed E-state index contributed by atoms with van der Waals surface area (Å²) in [6.45, 7) is 5.84. The first-order valence-electron chi connectivity index (χ1n) is 6.34. The summed E-state index contributed by atoms with van der Waals surface area (Å²) in [6.07, 6.45) is 2.57. The van der Waals surface area contributed by atoms with Crippen LogP contribution in [0.25, 0.3) is 0 Å². The number of benzene rings is 1. The molecule has 0 radical (unpaired) electrons. The topological polar surface area (TPSA) is 52.6 Å². The van der Waals surface area contributed by atoms with Crippen LogP contribution < -0.4 is 0 Å². The molecule has 0 aliphatic rings. The average molecular weight is 276 g/mol. The van der Waals surface area contributed by atoms with Crippen LogP contribution in [0.3, 0.4) is 0 Å². The van der Waals surface area contributed by atoms with Crippen LogP contribution in [0.2, 0.25) is 0 Å². The van der Waals surface area contributed by atoms with Gasteiger partial charge in [0.25, 0.3) is 0 Å². The van der Waals surface area contributed by atoms with Crippen molar-refractivity contribution in [1.29, 1.82) is 0 Å². The van der Waals surface area contributed by atoms with E-state index < -0.39 is 11.9 Å². The minimum Gasteiger partial charge on any atom is -0.465 e. The normalized spacial score (nSPS) is 9.85. The van der Waals surface area contributed by atoms with Crippen molar-refractivity contribution in [3.05, 3.63) is 46.0 Å². The maximum Gasteiger partial charge on any atom is 0.339 e. The Balaban J connectivity index is 3.47. The molecule has 1 aromatic rings. The molecule has 4 heteroatoms. The molecule has 0 N–H and O–H groups in total. The monoisotopic (exact) mass is 276 g/mol. The van der Waals surface area contributed by atoms with Gasteiger partial charge in [-0.2, -0.15) is 0 Å². The Labute approximate surface area is 119 Å². The van der Waals surface area contributed by atoms with Gasteiger partial charge in [0, 0.05) is 0 Å². The number of aryl methyl sites for hydroxylation is 1. The molecule has 0 atom stereocenters. The Morgan fingerprint density at radius 2 is 1.70 bits per heavy atom. The van der Waals surface area contributed by atoms with Crippen molar-refractivity contribution in [2.45, 2.75) is 27.2 Å². The van der Waals surface area contributed by atoms with Crippen LogP contribution in [0.4, 0.5) is 0 Å². The van der Waals surface area contributed by atoms with Crippen molar-refractivity contribution in [1.82, 2.24) is 0 Å². The number of ether oxygens (including phenoxy) is 2. The standard InChI is InChI=1S/C16H20O4/c1-10(2)6-7-12-8-11(3)9-13(15(17)19-4)14(12)16(18)20-5/h6,8-9H,7H2,1-5H3. The molecule has 1 aromatic carbocycles. The van der Waals surface area contributed by atoms with E-state index in [9.17, 15) is 9.59 Å². The summed E-state index contributed by atoms with van der Waals surface area (Å²) in [5, 5.41) is 0. The fourth-order valence-electron chi connectivity index (χ4n) is 1.95. The van der Waals surface area contributed by atoms with E-state index >= 15 is 0 Å². The van der Waals surface area contributed by atoms with E-state index in [1.54, 1.807) is 6.07 Å². The first kappa shape index (κ1) is 16.0. The van der Waals surface area contributed by atoms with Crippen molar-refractivity contribution in [3.8, 4) is 0 Å². The Hall–Kier alpha value is -2.10. The van der Waals surface area contributed by atoms with E-state index in [1.165, 1.54) is 14.2 Å². The van der Waals surface area contributed by atoms with Gasteiger partial charge in [0.2, 0.25) is 0 Å². The lowest BCUT2D eigenvalue weighted by Gasteiger charge is -2.12. The number of carbonyl (C=O) groups excluding carboxylic acids is 2. The quantitative estimate of drug-likeness (QED) is 0.626. The van der Waals surface area contributed by atoms with E-state index in [2.05, 4.69) is 0 Å². The van der Waals surface area contributed by atoms with Crippen molar-refractivity contribution >= 4 is 11.9 Å². The van der Waals surface area contributed by atoms with Gasteiger partial charge in [-0.05, 0) is 44.4 Å². The Bertz CT molecular complexity index is 552. The molecule has 20 heavy (non-hydrogen) atoms. The van der Waals surface area contributed by atoms with Crippen molar-refractivity contribution in [2.75, 3.05) is 14.2 Å². The molecule has 0 aromatic heterocycles. The highest BCUT2D eigenvalue weighted by Gasteiger charge is 2.22. The third-order valence-electron chi connectivity index (χ3n) is 2.89. The maximum atomic E-state index is 12.0. The van der Waals surface area contributed by atoms with Crippen molar-refractivity contribution < 1.29 is 19.1 Å². The van der Waals surface area contributed by atoms with Gasteiger partial charge in [-0.15, -0.1) is 0 Å². The predicted octanol–water partition coefficient (Wildman–Crippen LogP) is 3.08. The first-order chi connectivity index (χ1) is 9.40. The number of rotatable bonds is 4. The zero-order chi connectivity index (χ0) is 15.3.